The standard InChI is InChI=1S/C16H19Cl2N3/c1-2-14-20-15-12(8-10(17)9-13(15)18)16(21-14)19-11-6-4-3-5-7-11/h8-9,11H,2-7H2,1H3,(H,19,20,21). The number of hydrogen-bond acceptors (Lipinski definition) is 3. The SMILES string of the molecule is CCc1nc(NC2CCCCC2)c2cc(Cl)cc(Cl)c2n1. The van der Waals surface area contributed by atoms with Crippen LogP contribution in [0, 0.1) is 0 Å². The van der Waals surface area contributed by atoms with Gasteiger partial charge in [0.2, 0.25) is 0 Å². The number of anilines is 1. The van der Waals surface area contributed by atoms with E-state index < -0.39 is 0 Å². The Morgan fingerprint density at radius 2 is 1.90 bits per heavy atom. The van der Waals surface area contributed by atoms with Gasteiger partial charge in [-0.25, -0.2) is 9.97 Å². The number of nitrogens with zero attached hydrogens (tertiary/aromatic N) is 2. The van der Waals surface area contributed by atoms with E-state index in [1.54, 1.807) is 6.07 Å². The first kappa shape index (κ1) is 14.9. The third-order valence-corrected chi connectivity index (χ3v) is 4.53. The van der Waals surface area contributed by atoms with Crippen LogP contribution in [0.4, 0.5) is 5.82 Å². The zero-order valence-electron chi connectivity index (χ0n) is 12.1. The first-order valence-electron chi connectivity index (χ1n) is 7.59. The van der Waals surface area contributed by atoms with Gasteiger partial charge < -0.3 is 5.32 Å². The van der Waals surface area contributed by atoms with E-state index in [4.69, 9.17) is 23.2 Å². The van der Waals surface area contributed by atoms with Crippen molar-refractivity contribution in [2.24, 2.45) is 0 Å². The fraction of sp³-hybridized carbons (Fsp3) is 0.500. The zero-order chi connectivity index (χ0) is 14.8. The van der Waals surface area contributed by atoms with Gasteiger partial charge in [0.05, 0.1) is 10.5 Å². The molecule has 0 atom stereocenters. The molecule has 0 unspecified atom stereocenters. The van der Waals surface area contributed by atoms with Crippen LogP contribution in [0.2, 0.25) is 10.0 Å². The second kappa shape index (κ2) is 6.37. The molecule has 1 fully saturated rings. The summed E-state index contributed by atoms with van der Waals surface area (Å²) in [5.74, 6) is 1.68. The van der Waals surface area contributed by atoms with Crippen molar-refractivity contribution >= 4 is 39.9 Å². The van der Waals surface area contributed by atoms with E-state index in [0.717, 1.165) is 29.0 Å². The second-order valence-electron chi connectivity index (χ2n) is 5.61. The Balaban J connectivity index is 2.05. The van der Waals surface area contributed by atoms with Crippen LogP contribution >= 0.6 is 23.2 Å². The molecule has 0 amide bonds. The molecule has 1 aliphatic rings. The molecule has 112 valence electrons. The third kappa shape index (κ3) is 3.24. The molecule has 3 nitrogen and oxygen atoms in total. The van der Waals surface area contributed by atoms with E-state index >= 15 is 0 Å². The minimum absolute atomic E-state index is 0.485. The number of rotatable bonds is 3. The fourth-order valence-corrected chi connectivity index (χ4v) is 3.45. The minimum Gasteiger partial charge on any atom is -0.367 e. The summed E-state index contributed by atoms with van der Waals surface area (Å²) in [6.45, 7) is 2.05. The number of aromatic nitrogens is 2. The third-order valence-electron chi connectivity index (χ3n) is 4.03. The van der Waals surface area contributed by atoms with Crippen molar-refractivity contribution in [2.75, 3.05) is 5.32 Å². The molecule has 1 N–H and O–H groups in total. The quantitative estimate of drug-likeness (QED) is 0.838. The highest BCUT2D eigenvalue weighted by molar-refractivity contribution is 6.38. The lowest BCUT2D eigenvalue weighted by molar-refractivity contribution is 0.462. The van der Waals surface area contributed by atoms with Crippen LogP contribution in [0.1, 0.15) is 44.9 Å². The molecule has 5 heteroatoms. The second-order valence-corrected chi connectivity index (χ2v) is 6.45. The van der Waals surface area contributed by atoms with Crippen molar-refractivity contribution in [1.29, 1.82) is 0 Å². The highest BCUT2D eigenvalue weighted by Gasteiger charge is 2.17. The average molecular weight is 324 g/mol. The Morgan fingerprint density at radius 3 is 2.62 bits per heavy atom. The summed E-state index contributed by atoms with van der Waals surface area (Å²) in [6, 6.07) is 4.12. The zero-order valence-corrected chi connectivity index (χ0v) is 13.6. The van der Waals surface area contributed by atoms with Crippen LogP contribution in [-0.4, -0.2) is 16.0 Å². The van der Waals surface area contributed by atoms with Crippen LogP contribution in [0.25, 0.3) is 10.9 Å². The maximum absolute atomic E-state index is 6.30. The lowest BCUT2D eigenvalue weighted by Gasteiger charge is -2.24. The van der Waals surface area contributed by atoms with Crippen molar-refractivity contribution < 1.29 is 0 Å². The molecule has 1 aliphatic carbocycles. The summed E-state index contributed by atoms with van der Waals surface area (Å²) in [5, 5.41) is 5.70. The number of aryl methyl sites for hydroxylation is 1. The smallest absolute Gasteiger partial charge is 0.137 e. The lowest BCUT2D eigenvalue weighted by Crippen LogP contribution is -2.23. The largest absolute Gasteiger partial charge is 0.367 e. The topological polar surface area (TPSA) is 37.8 Å². The predicted octanol–water partition coefficient (Wildman–Crippen LogP) is 5.24. The molecule has 1 heterocycles. The van der Waals surface area contributed by atoms with Gasteiger partial charge >= 0.3 is 0 Å². The van der Waals surface area contributed by atoms with Gasteiger partial charge in [-0.1, -0.05) is 49.4 Å². The van der Waals surface area contributed by atoms with Crippen LogP contribution in [0.5, 0.6) is 0 Å². The number of benzene rings is 1. The first-order chi connectivity index (χ1) is 10.2. The fourth-order valence-electron chi connectivity index (χ4n) is 2.91. The molecule has 0 spiro atoms. The minimum atomic E-state index is 0.485. The van der Waals surface area contributed by atoms with Gasteiger partial charge in [-0.3, -0.25) is 0 Å². The van der Waals surface area contributed by atoms with Gasteiger partial charge in [-0.05, 0) is 25.0 Å². The molecular formula is C16H19Cl2N3. The van der Waals surface area contributed by atoms with Gasteiger partial charge in [0, 0.05) is 22.9 Å². The van der Waals surface area contributed by atoms with E-state index in [2.05, 4.69) is 22.2 Å². The molecule has 21 heavy (non-hydrogen) atoms. The van der Waals surface area contributed by atoms with Gasteiger partial charge in [0.15, 0.2) is 0 Å². The van der Waals surface area contributed by atoms with Crippen LogP contribution < -0.4 is 5.32 Å². The van der Waals surface area contributed by atoms with Gasteiger partial charge in [-0.2, -0.15) is 0 Å². The molecule has 1 aromatic carbocycles. The predicted molar refractivity (Wildman–Crippen MR) is 89.4 cm³/mol. The molecule has 1 aromatic heterocycles. The molecule has 2 aromatic rings. The summed E-state index contributed by atoms with van der Waals surface area (Å²) in [5.41, 5.74) is 0.784. The maximum atomic E-state index is 6.30. The number of fused-ring (bicyclic) bond motifs is 1. The Morgan fingerprint density at radius 1 is 1.14 bits per heavy atom. The molecule has 1 saturated carbocycles. The Hall–Kier alpha value is -1.06. The van der Waals surface area contributed by atoms with E-state index in [1.807, 2.05) is 6.07 Å². The van der Waals surface area contributed by atoms with Crippen molar-refractivity contribution in [2.45, 2.75) is 51.5 Å². The normalized spacial score (nSPS) is 16.3. The van der Waals surface area contributed by atoms with Gasteiger partial charge in [0.1, 0.15) is 11.6 Å². The van der Waals surface area contributed by atoms with Crippen LogP contribution in [0.3, 0.4) is 0 Å². The summed E-state index contributed by atoms with van der Waals surface area (Å²) in [7, 11) is 0. The molecular weight excluding hydrogens is 305 g/mol. The number of halogens is 2. The molecule has 0 aliphatic heterocycles. The molecule has 3 rings (SSSR count). The van der Waals surface area contributed by atoms with Crippen molar-refractivity contribution in [3.63, 3.8) is 0 Å². The molecule has 0 radical (unpaired) electrons. The van der Waals surface area contributed by atoms with Crippen LogP contribution in [-0.2, 0) is 6.42 Å². The van der Waals surface area contributed by atoms with E-state index in [-0.39, 0.29) is 0 Å². The van der Waals surface area contributed by atoms with Crippen molar-refractivity contribution in [3.8, 4) is 0 Å². The van der Waals surface area contributed by atoms with Gasteiger partial charge in [0.25, 0.3) is 0 Å². The first-order valence-corrected chi connectivity index (χ1v) is 8.35. The Kier molecular flexibility index (Phi) is 4.51. The highest BCUT2D eigenvalue weighted by atomic mass is 35.5. The summed E-state index contributed by atoms with van der Waals surface area (Å²) >= 11 is 12.4. The average Bonchev–Trinajstić information content (AvgIpc) is 2.49. The number of hydrogen-bond donors (Lipinski definition) is 1. The van der Waals surface area contributed by atoms with E-state index in [0.29, 0.717) is 16.1 Å². The van der Waals surface area contributed by atoms with Crippen molar-refractivity contribution in [3.05, 3.63) is 28.0 Å². The van der Waals surface area contributed by atoms with Crippen LogP contribution in [0.15, 0.2) is 12.1 Å². The summed E-state index contributed by atoms with van der Waals surface area (Å²) in [6.07, 6.45) is 7.07. The summed E-state index contributed by atoms with van der Waals surface area (Å²) in [4.78, 5) is 9.20. The molecule has 0 saturated heterocycles. The summed E-state index contributed by atoms with van der Waals surface area (Å²) < 4.78 is 0. The number of nitrogens with one attached hydrogen (secondary N) is 1. The lowest BCUT2D eigenvalue weighted by atomic mass is 9.95. The molecule has 0 bridgehead atoms. The van der Waals surface area contributed by atoms with E-state index in [9.17, 15) is 0 Å². The Bertz CT molecular complexity index is 652. The van der Waals surface area contributed by atoms with Crippen molar-refractivity contribution in [1.82, 2.24) is 9.97 Å². The van der Waals surface area contributed by atoms with E-state index in [1.165, 1.54) is 32.1 Å². The van der Waals surface area contributed by atoms with Gasteiger partial charge in [-0.15, -0.1) is 0 Å². The Labute approximate surface area is 135 Å². The highest BCUT2D eigenvalue weighted by Crippen LogP contribution is 2.32. The maximum Gasteiger partial charge on any atom is 0.137 e. The monoisotopic (exact) mass is 323 g/mol.